The van der Waals surface area contributed by atoms with Crippen molar-refractivity contribution < 1.29 is 32.3 Å². The summed E-state index contributed by atoms with van der Waals surface area (Å²) in [4.78, 5) is 9.79. The van der Waals surface area contributed by atoms with E-state index < -0.39 is 6.09 Å². The van der Waals surface area contributed by atoms with E-state index in [0.717, 1.165) is 0 Å². The first kappa shape index (κ1) is 11.8. The molecule has 0 aromatic rings. The summed E-state index contributed by atoms with van der Waals surface area (Å²) in [5.41, 5.74) is 0. The summed E-state index contributed by atoms with van der Waals surface area (Å²) in [5.74, 6) is 0.395. The maximum Gasteiger partial charge on any atom is 0.404 e. The minimum Gasteiger partial charge on any atom is -0.465 e. The van der Waals surface area contributed by atoms with Gasteiger partial charge in [-0.2, -0.15) is 0 Å². The topological polar surface area (TPSA) is 49.3 Å². The third-order valence-electron chi connectivity index (χ3n) is 0.662. The molecule has 0 rings (SSSR count). The molecule has 0 atom stereocenters. The number of carboxylic acid groups (broad SMARTS) is 1. The number of rotatable bonds is 2. The molecule has 0 spiro atoms. The van der Waals surface area contributed by atoms with Crippen LogP contribution in [0.2, 0.25) is 0 Å². The van der Waals surface area contributed by atoms with E-state index in [-0.39, 0.29) is 22.4 Å². The Bertz CT molecular complexity index is 85.0. The predicted molar refractivity (Wildman–Crippen MR) is 30.9 cm³/mol. The van der Waals surface area contributed by atoms with Gasteiger partial charge in [0.2, 0.25) is 0 Å². The smallest absolute Gasteiger partial charge is 0.404 e. The van der Waals surface area contributed by atoms with Gasteiger partial charge in [-0.15, -0.1) is 0 Å². The Morgan fingerprint density at radius 2 is 2.11 bits per heavy atom. The van der Waals surface area contributed by atoms with E-state index in [1.807, 2.05) is 13.8 Å². The molecule has 0 fully saturated rings. The molecule has 2 N–H and O–H groups in total. The molecule has 0 aromatic carbocycles. The SMILES string of the molecule is CC(C)CNC(=O)O.[Ag]. The molecule has 0 heterocycles. The Hall–Kier alpha value is 0.0103. The third kappa shape index (κ3) is 11.5. The van der Waals surface area contributed by atoms with Crippen molar-refractivity contribution >= 4 is 6.09 Å². The second-order valence-electron chi connectivity index (χ2n) is 2.08. The van der Waals surface area contributed by atoms with Gasteiger partial charge in [-0.3, -0.25) is 0 Å². The number of hydrogen-bond donors (Lipinski definition) is 2. The molecule has 3 nitrogen and oxygen atoms in total. The van der Waals surface area contributed by atoms with Gasteiger partial charge in [0.15, 0.2) is 0 Å². The summed E-state index contributed by atoms with van der Waals surface area (Å²) < 4.78 is 0. The van der Waals surface area contributed by atoms with Crippen molar-refractivity contribution in [1.82, 2.24) is 5.32 Å². The monoisotopic (exact) mass is 224 g/mol. The first-order chi connectivity index (χ1) is 3.63. The van der Waals surface area contributed by atoms with E-state index in [2.05, 4.69) is 5.32 Å². The van der Waals surface area contributed by atoms with E-state index in [9.17, 15) is 4.79 Å². The van der Waals surface area contributed by atoms with Gasteiger partial charge in [-0.1, -0.05) is 13.8 Å². The molecule has 0 aliphatic rings. The van der Waals surface area contributed by atoms with Gasteiger partial charge in [0.05, 0.1) is 0 Å². The van der Waals surface area contributed by atoms with Gasteiger partial charge in [0, 0.05) is 28.9 Å². The number of hydrogen-bond acceptors (Lipinski definition) is 1. The first-order valence-corrected chi connectivity index (χ1v) is 2.59. The maximum absolute atomic E-state index is 9.79. The number of nitrogens with one attached hydrogen (secondary N) is 1. The molecular formula is C5H11AgNO2. The molecule has 0 aromatic heterocycles. The fraction of sp³-hybridized carbons (Fsp3) is 0.800. The largest absolute Gasteiger partial charge is 0.465 e. The van der Waals surface area contributed by atoms with Crippen LogP contribution < -0.4 is 5.32 Å². The Kier molecular flexibility index (Phi) is 8.02. The molecule has 59 valence electrons. The first-order valence-electron chi connectivity index (χ1n) is 2.59. The molecule has 9 heavy (non-hydrogen) atoms. The van der Waals surface area contributed by atoms with Crippen molar-refractivity contribution in [2.45, 2.75) is 13.8 Å². The summed E-state index contributed by atoms with van der Waals surface area (Å²) in [7, 11) is 0. The van der Waals surface area contributed by atoms with Gasteiger partial charge in [-0.25, -0.2) is 4.79 Å². The van der Waals surface area contributed by atoms with Crippen LogP contribution in [0.25, 0.3) is 0 Å². The second-order valence-corrected chi connectivity index (χ2v) is 2.08. The summed E-state index contributed by atoms with van der Waals surface area (Å²) in [6.45, 7) is 4.45. The quantitative estimate of drug-likeness (QED) is 0.686. The Labute approximate surface area is 70.3 Å². The van der Waals surface area contributed by atoms with Crippen molar-refractivity contribution in [3.63, 3.8) is 0 Å². The Morgan fingerprint density at radius 3 is 2.22 bits per heavy atom. The van der Waals surface area contributed by atoms with Crippen molar-refractivity contribution in [1.29, 1.82) is 0 Å². The minimum absolute atomic E-state index is 0. The van der Waals surface area contributed by atoms with E-state index in [0.29, 0.717) is 12.5 Å². The zero-order valence-electron chi connectivity index (χ0n) is 5.44. The fourth-order valence-electron chi connectivity index (χ4n) is 0.291. The third-order valence-corrected chi connectivity index (χ3v) is 0.662. The predicted octanol–water partition coefficient (Wildman–Crippen LogP) is 0.907. The average molecular weight is 225 g/mol. The molecule has 4 heteroatoms. The van der Waals surface area contributed by atoms with Gasteiger partial charge >= 0.3 is 6.09 Å². The van der Waals surface area contributed by atoms with Gasteiger partial charge < -0.3 is 10.4 Å². The van der Waals surface area contributed by atoms with Crippen LogP contribution in [0, 0.1) is 5.92 Å². The molecule has 0 unspecified atom stereocenters. The van der Waals surface area contributed by atoms with Gasteiger partial charge in [0.1, 0.15) is 0 Å². The Balaban J connectivity index is 0. The van der Waals surface area contributed by atoms with E-state index in [4.69, 9.17) is 5.11 Å². The molecule has 0 saturated heterocycles. The zero-order chi connectivity index (χ0) is 6.57. The van der Waals surface area contributed by atoms with Crippen molar-refractivity contribution in [2.75, 3.05) is 6.54 Å². The standard InChI is InChI=1S/C5H11NO2.Ag/c1-4(2)3-6-5(7)8;/h4,6H,3H2,1-2H3,(H,7,8);. The van der Waals surface area contributed by atoms with E-state index >= 15 is 0 Å². The van der Waals surface area contributed by atoms with Crippen LogP contribution in [0.1, 0.15) is 13.8 Å². The summed E-state index contributed by atoms with van der Waals surface area (Å²) in [6, 6.07) is 0. The summed E-state index contributed by atoms with van der Waals surface area (Å²) >= 11 is 0. The molecule has 1 radical (unpaired) electrons. The van der Waals surface area contributed by atoms with Crippen LogP contribution in [0.15, 0.2) is 0 Å². The van der Waals surface area contributed by atoms with Crippen LogP contribution in [0.5, 0.6) is 0 Å². The van der Waals surface area contributed by atoms with Crippen LogP contribution >= 0.6 is 0 Å². The maximum atomic E-state index is 9.79. The zero-order valence-corrected chi connectivity index (χ0v) is 6.92. The number of amides is 1. The molecule has 0 saturated carbocycles. The van der Waals surface area contributed by atoms with Crippen molar-refractivity contribution in [2.24, 2.45) is 5.92 Å². The minimum atomic E-state index is -0.946. The molecule has 0 aliphatic carbocycles. The van der Waals surface area contributed by atoms with E-state index in [1.165, 1.54) is 0 Å². The number of carbonyl (C=O) groups is 1. The van der Waals surface area contributed by atoms with Gasteiger partial charge in [0.25, 0.3) is 0 Å². The summed E-state index contributed by atoms with van der Waals surface area (Å²) in [6.07, 6.45) is -0.946. The van der Waals surface area contributed by atoms with Crippen LogP contribution in [-0.4, -0.2) is 17.7 Å². The second kappa shape index (κ2) is 6.14. The van der Waals surface area contributed by atoms with Crippen LogP contribution in [0.4, 0.5) is 4.79 Å². The molecule has 1 amide bonds. The van der Waals surface area contributed by atoms with Crippen LogP contribution in [-0.2, 0) is 22.4 Å². The fourth-order valence-corrected chi connectivity index (χ4v) is 0.291. The Morgan fingerprint density at radius 1 is 1.67 bits per heavy atom. The van der Waals surface area contributed by atoms with E-state index in [1.54, 1.807) is 0 Å². The van der Waals surface area contributed by atoms with Gasteiger partial charge in [-0.05, 0) is 5.92 Å². The molecular weight excluding hydrogens is 214 g/mol. The average Bonchev–Trinajstić information content (AvgIpc) is 1.61. The van der Waals surface area contributed by atoms with Crippen molar-refractivity contribution in [3.05, 3.63) is 0 Å². The summed E-state index contributed by atoms with van der Waals surface area (Å²) in [5, 5.41) is 10.3. The molecule has 0 bridgehead atoms. The normalized spacial score (nSPS) is 8.33. The molecule has 0 aliphatic heterocycles. The van der Waals surface area contributed by atoms with Crippen LogP contribution in [0.3, 0.4) is 0 Å². The van der Waals surface area contributed by atoms with Crippen molar-refractivity contribution in [3.8, 4) is 0 Å².